The van der Waals surface area contributed by atoms with Crippen molar-refractivity contribution >= 4 is 28.4 Å². The van der Waals surface area contributed by atoms with E-state index in [2.05, 4.69) is 15.3 Å². The molecular formula is C19H23F2N3O3S. The Balaban J connectivity index is 1.55. The average Bonchev–Trinajstić information content (AvgIpc) is 3.22. The number of rotatable bonds is 6. The smallest absolute Gasteiger partial charge is 0.261 e. The van der Waals surface area contributed by atoms with Gasteiger partial charge >= 0.3 is 0 Å². The summed E-state index contributed by atoms with van der Waals surface area (Å²) < 4.78 is 39.6. The molecule has 1 aromatic heterocycles. The Morgan fingerprint density at radius 3 is 2.71 bits per heavy atom. The van der Waals surface area contributed by atoms with Crippen LogP contribution >= 0.6 is 11.8 Å². The van der Waals surface area contributed by atoms with Crippen LogP contribution < -0.4 is 10.9 Å². The molecule has 1 aromatic carbocycles. The van der Waals surface area contributed by atoms with Gasteiger partial charge < -0.3 is 19.8 Å². The second kappa shape index (κ2) is 8.75. The molecule has 6 nitrogen and oxygen atoms in total. The fourth-order valence-electron chi connectivity index (χ4n) is 3.52. The van der Waals surface area contributed by atoms with Gasteiger partial charge in [-0.15, -0.1) is 0 Å². The number of fused-ring (bicyclic) bond motifs is 1. The van der Waals surface area contributed by atoms with Crippen molar-refractivity contribution in [2.75, 3.05) is 38.3 Å². The number of nitrogens with one attached hydrogen (secondary N) is 2. The van der Waals surface area contributed by atoms with E-state index in [1.165, 1.54) is 6.07 Å². The van der Waals surface area contributed by atoms with Gasteiger partial charge in [-0.2, -0.15) is 11.8 Å². The quantitative estimate of drug-likeness (QED) is 0.761. The maximum Gasteiger partial charge on any atom is 0.261 e. The lowest BCUT2D eigenvalue weighted by atomic mass is 10.1. The molecule has 0 aliphatic carbocycles. The number of thioether (sulfide) groups is 1. The fraction of sp³-hybridized carbons (Fsp3) is 0.579. The summed E-state index contributed by atoms with van der Waals surface area (Å²) in [5.74, 6) is -0.980. The van der Waals surface area contributed by atoms with E-state index < -0.39 is 17.2 Å². The van der Waals surface area contributed by atoms with Crippen LogP contribution in [0.2, 0.25) is 0 Å². The van der Waals surface area contributed by atoms with E-state index >= 15 is 0 Å². The van der Waals surface area contributed by atoms with Crippen LogP contribution in [-0.2, 0) is 15.2 Å². The van der Waals surface area contributed by atoms with Crippen molar-refractivity contribution in [3.05, 3.63) is 33.9 Å². The van der Waals surface area contributed by atoms with Gasteiger partial charge in [-0.1, -0.05) is 0 Å². The molecule has 1 atom stereocenters. The number of hydrogen-bond acceptors (Lipinski definition) is 6. The van der Waals surface area contributed by atoms with Crippen molar-refractivity contribution in [1.29, 1.82) is 0 Å². The van der Waals surface area contributed by atoms with Crippen molar-refractivity contribution in [3.63, 3.8) is 0 Å². The highest BCUT2D eigenvalue weighted by atomic mass is 32.2. The number of aromatic amines is 1. The van der Waals surface area contributed by atoms with Crippen LogP contribution in [0.1, 0.15) is 25.1 Å². The molecule has 0 amide bonds. The van der Waals surface area contributed by atoms with Gasteiger partial charge in [0.15, 0.2) is 11.6 Å². The second-order valence-electron chi connectivity index (χ2n) is 7.19. The Morgan fingerprint density at radius 2 is 1.96 bits per heavy atom. The minimum Gasteiger partial charge on any atom is -0.382 e. The Labute approximate surface area is 165 Å². The van der Waals surface area contributed by atoms with Crippen molar-refractivity contribution in [2.24, 2.45) is 5.92 Å². The predicted octanol–water partition coefficient (Wildman–Crippen LogP) is 3.06. The van der Waals surface area contributed by atoms with Crippen LogP contribution in [0.5, 0.6) is 0 Å². The number of aromatic nitrogens is 2. The largest absolute Gasteiger partial charge is 0.382 e. The number of halogens is 2. The second-order valence-corrected chi connectivity index (χ2v) is 8.48. The Kier molecular flexibility index (Phi) is 6.13. The van der Waals surface area contributed by atoms with Crippen LogP contribution in [-0.4, -0.2) is 48.2 Å². The van der Waals surface area contributed by atoms with Crippen LogP contribution in [0.15, 0.2) is 10.9 Å². The Bertz CT molecular complexity index is 896. The minimum absolute atomic E-state index is 0.0260. The molecule has 9 heteroatoms. The summed E-state index contributed by atoms with van der Waals surface area (Å²) in [5, 5.41) is 3.05. The SMILES string of the molecule is O=c1[nH]c(CSC2CCOCC2)nc2cc(NC[C@@H]3CCOC3)c(F)c(F)c12. The number of ether oxygens (including phenoxy) is 2. The third-order valence-corrected chi connectivity index (χ3v) is 6.54. The normalized spacial score (nSPS) is 20.7. The van der Waals surface area contributed by atoms with Gasteiger partial charge in [0, 0.05) is 37.5 Å². The highest BCUT2D eigenvalue weighted by molar-refractivity contribution is 7.99. The van der Waals surface area contributed by atoms with Gasteiger partial charge in [-0.25, -0.2) is 13.8 Å². The summed E-state index contributed by atoms with van der Waals surface area (Å²) in [6.45, 7) is 3.26. The highest BCUT2D eigenvalue weighted by Gasteiger charge is 2.21. The topological polar surface area (TPSA) is 76.2 Å². The molecule has 2 N–H and O–H groups in total. The van der Waals surface area contributed by atoms with Gasteiger partial charge in [0.25, 0.3) is 5.56 Å². The van der Waals surface area contributed by atoms with E-state index in [1.54, 1.807) is 11.8 Å². The van der Waals surface area contributed by atoms with Gasteiger partial charge in [0.1, 0.15) is 11.2 Å². The number of benzene rings is 1. The predicted molar refractivity (Wildman–Crippen MR) is 105 cm³/mol. The van der Waals surface area contributed by atoms with Gasteiger partial charge in [0.05, 0.1) is 23.6 Å². The molecule has 0 radical (unpaired) electrons. The van der Waals surface area contributed by atoms with Gasteiger partial charge in [-0.3, -0.25) is 4.79 Å². The van der Waals surface area contributed by atoms with Crippen LogP contribution in [0, 0.1) is 17.6 Å². The van der Waals surface area contributed by atoms with E-state index in [-0.39, 0.29) is 22.5 Å². The molecule has 0 spiro atoms. The zero-order chi connectivity index (χ0) is 19.5. The van der Waals surface area contributed by atoms with Gasteiger partial charge in [-0.05, 0) is 25.3 Å². The third kappa shape index (κ3) is 4.31. The number of hydrogen-bond donors (Lipinski definition) is 2. The summed E-state index contributed by atoms with van der Waals surface area (Å²) in [5.41, 5.74) is -0.465. The highest BCUT2D eigenvalue weighted by Crippen LogP contribution is 2.27. The first kappa shape index (κ1) is 19.6. The van der Waals surface area contributed by atoms with E-state index in [9.17, 15) is 13.6 Å². The van der Waals surface area contributed by atoms with Gasteiger partial charge in [0.2, 0.25) is 0 Å². The third-order valence-electron chi connectivity index (χ3n) is 5.16. The van der Waals surface area contributed by atoms with Crippen molar-refractivity contribution < 1.29 is 18.3 Å². The zero-order valence-electron chi connectivity index (χ0n) is 15.4. The van der Waals surface area contributed by atoms with Crippen LogP contribution in [0.25, 0.3) is 10.9 Å². The minimum atomic E-state index is -1.17. The van der Waals surface area contributed by atoms with Crippen LogP contribution in [0.3, 0.4) is 0 Å². The summed E-state index contributed by atoms with van der Waals surface area (Å²) >= 11 is 1.70. The Morgan fingerprint density at radius 1 is 1.18 bits per heavy atom. The fourth-order valence-corrected chi connectivity index (χ4v) is 4.57. The standard InChI is InChI=1S/C19H23F2N3O3S/c20-17-14(22-8-11-1-4-27-9-11)7-13-16(18(17)21)19(25)24-15(23-13)10-28-12-2-5-26-6-3-12/h7,11-12,22H,1-6,8-10H2,(H,23,24,25)/t11-/m0/s1. The molecule has 3 heterocycles. The van der Waals surface area contributed by atoms with E-state index in [0.29, 0.717) is 36.6 Å². The number of nitrogens with zero attached hydrogens (tertiary/aromatic N) is 1. The molecule has 2 aliphatic rings. The number of H-pyrrole nitrogens is 1. The molecule has 0 saturated carbocycles. The summed E-state index contributed by atoms with van der Waals surface area (Å²) in [6.07, 6.45) is 2.80. The first-order chi connectivity index (χ1) is 13.6. The Hall–Kier alpha value is -1.71. The first-order valence-corrected chi connectivity index (χ1v) is 10.6. The van der Waals surface area contributed by atoms with Crippen molar-refractivity contribution in [1.82, 2.24) is 9.97 Å². The molecule has 2 saturated heterocycles. The van der Waals surface area contributed by atoms with Crippen molar-refractivity contribution in [2.45, 2.75) is 30.3 Å². The molecule has 2 aromatic rings. The molecule has 2 aliphatic heterocycles. The lowest BCUT2D eigenvalue weighted by Gasteiger charge is -2.21. The number of anilines is 1. The molecule has 4 rings (SSSR count). The lowest BCUT2D eigenvalue weighted by Crippen LogP contribution is -2.19. The molecule has 0 bridgehead atoms. The first-order valence-electron chi connectivity index (χ1n) is 9.53. The summed E-state index contributed by atoms with van der Waals surface area (Å²) in [4.78, 5) is 19.3. The maximum atomic E-state index is 14.5. The van der Waals surface area contributed by atoms with Crippen LogP contribution in [0.4, 0.5) is 14.5 Å². The zero-order valence-corrected chi connectivity index (χ0v) is 16.2. The molecule has 2 fully saturated rings. The average molecular weight is 411 g/mol. The molecular weight excluding hydrogens is 388 g/mol. The van der Waals surface area contributed by atoms with E-state index in [4.69, 9.17) is 9.47 Å². The summed E-state index contributed by atoms with van der Waals surface area (Å²) in [6, 6.07) is 1.42. The maximum absolute atomic E-state index is 14.5. The van der Waals surface area contributed by atoms with E-state index in [0.717, 1.165) is 32.5 Å². The van der Waals surface area contributed by atoms with Crippen molar-refractivity contribution in [3.8, 4) is 0 Å². The summed E-state index contributed by atoms with van der Waals surface area (Å²) in [7, 11) is 0. The molecule has 0 unspecified atom stereocenters. The monoisotopic (exact) mass is 411 g/mol. The molecule has 152 valence electrons. The molecule has 28 heavy (non-hydrogen) atoms. The lowest BCUT2D eigenvalue weighted by molar-refractivity contribution is 0.1000. The van der Waals surface area contributed by atoms with E-state index in [1.807, 2.05) is 0 Å².